The van der Waals surface area contributed by atoms with E-state index in [0.29, 0.717) is 17.0 Å². The molecule has 0 bridgehead atoms. The number of hydrogen-bond donors (Lipinski definition) is 2. The van der Waals surface area contributed by atoms with E-state index in [1.807, 2.05) is 0 Å². The van der Waals surface area contributed by atoms with Crippen molar-refractivity contribution in [2.24, 2.45) is 0 Å². The van der Waals surface area contributed by atoms with Gasteiger partial charge in [-0.25, -0.2) is 18.0 Å². The van der Waals surface area contributed by atoms with Gasteiger partial charge in [0.1, 0.15) is 5.60 Å². The van der Waals surface area contributed by atoms with Crippen LogP contribution < -0.4 is 5.73 Å². The van der Waals surface area contributed by atoms with Crippen LogP contribution in [0.2, 0.25) is 5.02 Å². The average Bonchev–Trinajstić information content (AvgIpc) is 2.90. The Balaban J connectivity index is 1.77. The van der Waals surface area contributed by atoms with Gasteiger partial charge >= 0.3 is 12.1 Å². The van der Waals surface area contributed by atoms with Gasteiger partial charge in [0.2, 0.25) is 9.84 Å². The number of amides is 1. The molecular formula is C30H35ClN2O7S. The van der Waals surface area contributed by atoms with Crippen LogP contribution in [-0.2, 0) is 25.7 Å². The number of ether oxygens (including phenoxy) is 2. The molecule has 0 heterocycles. The number of rotatable bonds is 10. The van der Waals surface area contributed by atoms with E-state index in [-0.39, 0.29) is 40.7 Å². The van der Waals surface area contributed by atoms with Crippen LogP contribution in [0, 0.1) is 0 Å². The summed E-state index contributed by atoms with van der Waals surface area (Å²) in [5.74, 6) is -0.701. The van der Waals surface area contributed by atoms with E-state index in [9.17, 15) is 23.1 Å². The number of halogens is 1. The molecule has 3 rings (SSSR count). The molecular weight excluding hydrogens is 568 g/mol. The fourth-order valence-corrected chi connectivity index (χ4v) is 5.42. The molecule has 41 heavy (non-hydrogen) atoms. The fraction of sp³-hybridized carbons (Fsp3) is 0.333. The van der Waals surface area contributed by atoms with Crippen LogP contribution in [0.1, 0.15) is 55.3 Å². The van der Waals surface area contributed by atoms with Crippen molar-refractivity contribution in [1.82, 2.24) is 4.90 Å². The third-order valence-corrected chi connectivity index (χ3v) is 8.02. The minimum Gasteiger partial charge on any atom is -0.462 e. The molecule has 3 aromatic rings. The molecule has 1 atom stereocenters. The van der Waals surface area contributed by atoms with Crippen LogP contribution in [0.15, 0.2) is 76.5 Å². The summed E-state index contributed by atoms with van der Waals surface area (Å²) in [4.78, 5) is 26.5. The molecule has 9 nitrogen and oxygen atoms in total. The number of hydrogen-bond acceptors (Lipinski definition) is 8. The Hall–Kier alpha value is -3.60. The van der Waals surface area contributed by atoms with Gasteiger partial charge in [-0.1, -0.05) is 35.9 Å². The van der Waals surface area contributed by atoms with E-state index < -0.39 is 33.6 Å². The van der Waals surface area contributed by atoms with Crippen LogP contribution in [-0.4, -0.2) is 55.8 Å². The largest absolute Gasteiger partial charge is 0.462 e. The van der Waals surface area contributed by atoms with E-state index in [1.54, 1.807) is 64.1 Å². The molecule has 3 N–H and O–H groups in total. The average molecular weight is 603 g/mol. The van der Waals surface area contributed by atoms with Crippen LogP contribution >= 0.6 is 11.6 Å². The Morgan fingerprint density at radius 1 is 1.02 bits per heavy atom. The second-order valence-electron chi connectivity index (χ2n) is 10.4. The summed E-state index contributed by atoms with van der Waals surface area (Å²) in [6, 6.07) is 16.9. The maximum absolute atomic E-state index is 13.3. The molecule has 11 heteroatoms. The predicted octanol–water partition coefficient (Wildman–Crippen LogP) is 5.44. The number of nitrogens with two attached hydrogens (primary N) is 1. The first-order valence-electron chi connectivity index (χ1n) is 13.0. The zero-order valence-electron chi connectivity index (χ0n) is 23.5. The quantitative estimate of drug-likeness (QED) is 0.231. The number of sulfone groups is 1. The molecule has 0 saturated carbocycles. The maximum atomic E-state index is 13.3. The Morgan fingerprint density at radius 3 is 2.29 bits per heavy atom. The SMILES string of the molecule is CCOC(=O)c1cc(S(=O)(=O)c2ccc(CCN(C[C@@H](O)c3cccc(Cl)c3)C(=O)OC(C)(C)C)cc2)ccc1N. The summed E-state index contributed by atoms with van der Waals surface area (Å²) in [6.07, 6.45) is -1.21. The van der Waals surface area contributed by atoms with Crippen molar-refractivity contribution in [2.45, 2.75) is 55.6 Å². The van der Waals surface area contributed by atoms with Gasteiger partial charge in [0.15, 0.2) is 0 Å². The third kappa shape index (κ3) is 8.69. The number of anilines is 1. The van der Waals surface area contributed by atoms with Gasteiger partial charge in [-0.05, 0) is 87.7 Å². The van der Waals surface area contributed by atoms with Gasteiger partial charge in [0.05, 0.1) is 34.6 Å². The molecule has 3 aromatic carbocycles. The van der Waals surface area contributed by atoms with Gasteiger partial charge in [-0.3, -0.25) is 0 Å². The highest BCUT2D eigenvalue weighted by Gasteiger charge is 2.25. The van der Waals surface area contributed by atoms with Gasteiger partial charge in [-0.15, -0.1) is 0 Å². The van der Waals surface area contributed by atoms with Crippen LogP contribution in [0.25, 0.3) is 0 Å². The summed E-state index contributed by atoms with van der Waals surface area (Å²) in [5.41, 5.74) is 6.54. The standard InChI is InChI=1S/C30H35ClN2O7S/c1-5-39-28(35)25-18-24(13-14-26(25)32)41(37,38)23-11-9-20(10-12-23)15-16-33(29(36)40-30(2,3)4)19-27(34)21-7-6-8-22(31)17-21/h6-14,17-18,27,34H,5,15-16,19,32H2,1-4H3/t27-/m1/s1. The lowest BCUT2D eigenvalue weighted by molar-refractivity contribution is 0.0147. The molecule has 0 aliphatic rings. The van der Waals surface area contributed by atoms with Crippen molar-refractivity contribution in [1.29, 1.82) is 0 Å². The Bertz CT molecular complexity index is 1490. The van der Waals surface area contributed by atoms with Crippen LogP contribution in [0.3, 0.4) is 0 Å². The number of carbonyl (C=O) groups is 2. The Morgan fingerprint density at radius 2 is 1.68 bits per heavy atom. The summed E-state index contributed by atoms with van der Waals surface area (Å²) >= 11 is 6.06. The second kappa shape index (κ2) is 13.4. The number of benzene rings is 3. The van der Waals surface area contributed by atoms with Crippen LogP contribution in [0.5, 0.6) is 0 Å². The lowest BCUT2D eigenvalue weighted by Gasteiger charge is -2.29. The van der Waals surface area contributed by atoms with E-state index in [4.69, 9.17) is 26.8 Å². The lowest BCUT2D eigenvalue weighted by atomic mass is 10.1. The Labute approximate surface area is 245 Å². The highest BCUT2D eigenvalue weighted by molar-refractivity contribution is 7.91. The van der Waals surface area contributed by atoms with Crippen LogP contribution in [0.4, 0.5) is 10.5 Å². The van der Waals surface area contributed by atoms with Crippen molar-refractivity contribution in [2.75, 3.05) is 25.4 Å². The van der Waals surface area contributed by atoms with E-state index >= 15 is 0 Å². The summed E-state index contributed by atoms with van der Waals surface area (Å²) in [6.45, 7) is 7.22. The number of esters is 1. The first-order chi connectivity index (χ1) is 19.2. The Kier molecular flexibility index (Phi) is 10.4. The molecule has 220 valence electrons. The van der Waals surface area contributed by atoms with E-state index in [2.05, 4.69) is 0 Å². The van der Waals surface area contributed by atoms with Gasteiger partial charge < -0.3 is 25.2 Å². The van der Waals surface area contributed by atoms with E-state index in [0.717, 1.165) is 5.56 Å². The summed E-state index contributed by atoms with van der Waals surface area (Å²) in [5, 5.41) is 11.3. The lowest BCUT2D eigenvalue weighted by Crippen LogP contribution is -2.40. The zero-order valence-corrected chi connectivity index (χ0v) is 25.0. The highest BCUT2D eigenvalue weighted by Crippen LogP contribution is 2.26. The number of aliphatic hydroxyl groups excluding tert-OH is 1. The molecule has 0 spiro atoms. The van der Waals surface area contributed by atoms with Crippen molar-refractivity contribution in [3.8, 4) is 0 Å². The molecule has 0 radical (unpaired) electrons. The molecule has 0 aliphatic carbocycles. The fourth-order valence-electron chi connectivity index (χ4n) is 3.94. The monoisotopic (exact) mass is 602 g/mol. The normalized spacial score (nSPS) is 12.4. The predicted molar refractivity (Wildman–Crippen MR) is 157 cm³/mol. The van der Waals surface area contributed by atoms with Crippen molar-refractivity contribution >= 4 is 39.2 Å². The van der Waals surface area contributed by atoms with E-state index in [1.165, 1.54) is 35.2 Å². The maximum Gasteiger partial charge on any atom is 0.410 e. The minimum absolute atomic E-state index is 0.0215. The molecule has 0 aliphatic heterocycles. The van der Waals surface area contributed by atoms with Gasteiger partial charge in [0, 0.05) is 17.3 Å². The first-order valence-corrected chi connectivity index (χ1v) is 14.9. The summed E-state index contributed by atoms with van der Waals surface area (Å²) < 4.78 is 37.0. The number of carbonyl (C=O) groups excluding carboxylic acids is 2. The minimum atomic E-state index is -3.95. The highest BCUT2D eigenvalue weighted by atomic mass is 35.5. The molecule has 0 fully saturated rings. The number of aliphatic hydroxyl groups is 1. The second-order valence-corrected chi connectivity index (χ2v) is 12.8. The van der Waals surface area contributed by atoms with Gasteiger partial charge in [0.25, 0.3) is 0 Å². The van der Waals surface area contributed by atoms with Crippen molar-refractivity contribution in [3.63, 3.8) is 0 Å². The summed E-state index contributed by atoms with van der Waals surface area (Å²) in [7, 11) is -3.95. The number of nitrogens with zero attached hydrogens (tertiary/aromatic N) is 1. The molecule has 0 saturated heterocycles. The molecule has 0 unspecified atom stereocenters. The van der Waals surface area contributed by atoms with Crippen molar-refractivity contribution in [3.05, 3.63) is 88.4 Å². The first kappa shape index (κ1) is 31.9. The molecule has 0 aromatic heterocycles. The molecule has 1 amide bonds. The smallest absolute Gasteiger partial charge is 0.410 e. The third-order valence-electron chi connectivity index (χ3n) is 6.01. The van der Waals surface area contributed by atoms with Crippen molar-refractivity contribution < 1.29 is 32.6 Å². The van der Waals surface area contributed by atoms with Gasteiger partial charge in [-0.2, -0.15) is 0 Å². The number of nitrogen functional groups attached to an aromatic ring is 1. The zero-order chi connectivity index (χ0) is 30.4. The topological polar surface area (TPSA) is 136 Å².